The van der Waals surface area contributed by atoms with Gasteiger partial charge in [-0.3, -0.25) is 0 Å². The molecule has 0 aromatic carbocycles. The number of carbonyl (C=O) groups is 1. The summed E-state index contributed by atoms with van der Waals surface area (Å²) >= 11 is 1.37. The normalized spacial score (nSPS) is 11.0. The van der Waals surface area contributed by atoms with Crippen LogP contribution in [0.5, 0.6) is 0 Å². The van der Waals surface area contributed by atoms with E-state index >= 15 is 0 Å². The number of nitrogens with zero attached hydrogens (tertiary/aromatic N) is 1. The third-order valence-electron chi connectivity index (χ3n) is 2.10. The second kappa shape index (κ2) is 7.19. The Kier molecular flexibility index (Phi) is 5.86. The van der Waals surface area contributed by atoms with Crippen molar-refractivity contribution in [2.24, 2.45) is 0 Å². The van der Waals surface area contributed by atoms with E-state index in [1.807, 2.05) is 26.1 Å². The summed E-state index contributed by atoms with van der Waals surface area (Å²) in [7, 11) is 1.92. The van der Waals surface area contributed by atoms with E-state index in [2.05, 4.69) is 10.3 Å². The molecular formula is C12H18N2O2S. The van der Waals surface area contributed by atoms with Crippen molar-refractivity contribution in [3.8, 4) is 0 Å². The molecule has 1 rings (SSSR count). The SMILES string of the molecule is CCOC(=O)c1sc(C=CCCNC)nc1C. The van der Waals surface area contributed by atoms with E-state index in [9.17, 15) is 4.79 Å². The Morgan fingerprint density at radius 2 is 2.35 bits per heavy atom. The van der Waals surface area contributed by atoms with Gasteiger partial charge in [-0.25, -0.2) is 9.78 Å². The van der Waals surface area contributed by atoms with Gasteiger partial charge in [-0.2, -0.15) is 0 Å². The first-order valence-electron chi connectivity index (χ1n) is 5.64. The highest BCUT2D eigenvalue weighted by Crippen LogP contribution is 2.20. The van der Waals surface area contributed by atoms with Crippen LogP contribution in [0, 0.1) is 6.92 Å². The van der Waals surface area contributed by atoms with Crippen molar-refractivity contribution in [1.82, 2.24) is 10.3 Å². The van der Waals surface area contributed by atoms with Crippen LogP contribution < -0.4 is 5.32 Å². The van der Waals surface area contributed by atoms with Crippen LogP contribution in [0.15, 0.2) is 6.08 Å². The lowest BCUT2D eigenvalue weighted by Gasteiger charge is -1.97. The molecule has 0 unspecified atom stereocenters. The van der Waals surface area contributed by atoms with E-state index in [0.29, 0.717) is 11.5 Å². The lowest BCUT2D eigenvalue weighted by Crippen LogP contribution is -2.05. The van der Waals surface area contributed by atoms with Crippen LogP contribution in [-0.4, -0.2) is 31.2 Å². The summed E-state index contributed by atoms with van der Waals surface area (Å²) in [6.07, 6.45) is 4.94. The molecular weight excluding hydrogens is 236 g/mol. The third-order valence-corrected chi connectivity index (χ3v) is 3.20. The molecule has 0 amide bonds. The summed E-state index contributed by atoms with van der Waals surface area (Å²) in [5.74, 6) is -0.280. The Morgan fingerprint density at radius 1 is 1.59 bits per heavy atom. The lowest BCUT2D eigenvalue weighted by atomic mass is 10.3. The Labute approximate surface area is 106 Å². The number of ether oxygens (including phenoxy) is 1. The molecule has 0 radical (unpaired) electrons. The molecule has 0 saturated carbocycles. The van der Waals surface area contributed by atoms with E-state index in [4.69, 9.17) is 4.74 Å². The summed E-state index contributed by atoms with van der Waals surface area (Å²) in [5.41, 5.74) is 0.738. The van der Waals surface area contributed by atoms with Gasteiger partial charge in [0, 0.05) is 0 Å². The van der Waals surface area contributed by atoms with Crippen LogP contribution in [0.2, 0.25) is 0 Å². The van der Waals surface area contributed by atoms with Crippen molar-refractivity contribution in [2.75, 3.05) is 20.2 Å². The summed E-state index contributed by atoms with van der Waals surface area (Å²) in [4.78, 5) is 16.5. The molecule has 17 heavy (non-hydrogen) atoms. The van der Waals surface area contributed by atoms with E-state index < -0.39 is 0 Å². The van der Waals surface area contributed by atoms with Crippen LogP contribution in [0.4, 0.5) is 0 Å². The molecule has 1 aromatic rings. The van der Waals surface area contributed by atoms with Crippen molar-refractivity contribution < 1.29 is 9.53 Å². The minimum atomic E-state index is -0.280. The van der Waals surface area contributed by atoms with E-state index in [0.717, 1.165) is 23.7 Å². The highest BCUT2D eigenvalue weighted by Gasteiger charge is 2.14. The van der Waals surface area contributed by atoms with Gasteiger partial charge in [-0.05, 0) is 39.9 Å². The van der Waals surface area contributed by atoms with Gasteiger partial charge in [0.15, 0.2) is 0 Å². The Bertz CT molecular complexity index is 399. The van der Waals surface area contributed by atoms with Gasteiger partial charge in [-0.15, -0.1) is 11.3 Å². The molecule has 1 heterocycles. The fraction of sp³-hybridized carbons (Fsp3) is 0.500. The highest BCUT2D eigenvalue weighted by molar-refractivity contribution is 7.14. The number of thiazole rings is 1. The second-order valence-corrected chi connectivity index (χ2v) is 4.51. The first-order valence-corrected chi connectivity index (χ1v) is 6.46. The van der Waals surface area contributed by atoms with Crippen LogP contribution in [0.3, 0.4) is 0 Å². The number of hydrogen-bond donors (Lipinski definition) is 1. The number of aromatic nitrogens is 1. The first kappa shape index (κ1) is 13.9. The number of esters is 1. The van der Waals surface area contributed by atoms with E-state index in [1.54, 1.807) is 6.92 Å². The van der Waals surface area contributed by atoms with Crippen molar-refractivity contribution in [3.05, 3.63) is 21.7 Å². The Hall–Kier alpha value is -1.20. The molecule has 0 aliphatic rings. The molecule has 1 N–H and O–H groups in total. The number of rotatable bonds is 6. The van der Waals surface area contributed by atoms with Gasteiger partial charge in [0.2, 0.25) is 0 Å². The monoisotopic (exact) mass is 254 g/mol. The molecule has 0 aliphatic heterocycles. The lowest BCUT2D eigenvalue weighted by molar-refractivity contribution is 0.0531. The van der Waals surface area contributed by atoms with Crippen molar-refractivity contribution >= 4 is 23.4 Å². The standard InChI is InChI=1S/C12H18N2O2S/c1-4-16-12(15)11-9(2)14-10(17-11)7-5-6-8-13-3/h5,7,13H,4,6,8H2,1-3H3. The average Bonchev–Trinajstić information content (AvgIpc) is 2.66. The second-order valence-electron chi connectivity index (χ2n) is 3.48. The molecule has 4 nitrogen and oxygen atoms in total. The molecule has 94 valence electrons. The minimum absolute atomic E-state index is 0.280. The molecule has 0 spiro atoms. The summed E-state index contributed by atoms with van der Waals surface area (Å²) in [6, 6.07) is 0. The van der Waals surface area contributed by atoms with E-state index in [1.165, 1.54) is 11.3 Å². The number of nitrogens with one attached hydrogen (secondary N) is 1. The van der Waals surface area contributed by atoms with Crippen molar-refractivity contribution in [2.45, 2.75) is 20.3 Å². The highest BCUT2D eigenvalue weighted by atomic mass is 32.1. The maximum absolute atomic E-state index is 11.6. The average molecular weight is 254 g/mol. The predicted molar refractivity (Wildman–Crippen MR) is 70.4 cm³/mol. The number of aryl methyl sites for hydroxylation is 1. The topological polar surface area (TPSA) is 51.2 Å². The maximum atomic E-state index is 11.6. The van der Waals surface area contributed by atoms with Gasteiger partial charge in [0.25, 0.3) is 0 Å². The van der Waals surface area contributed by atoms with Crippen LogP contribution in [-0.2, 0) is 4.74 Å². The fourth-order valence-electron chi connectivity index (χ4n) is 1.29. The first-order chi connectivity index (χ1) is 8.19. The van der Waals surface area contributed by atoms with Gasteiger partial charge < -0.3 is 10.1 Å². The van der Waals surface area contributed by atoms with E-state index in [-0.39, 0.29) is 5.97 Å². The third kappa shape index (κ3) is 4.28. The Morgan fingerprint density at radius 3 is 3.00 bits per heavy atom. The smallest absolute Gasteiger partial charge is 0.350 e. The molecule has 0 atom stereocenters. The van der Waals surface area contributed by atoms with Gasteiger partial charge in [-0.1, -0.05) is 6.08 Å². The largest absolute Gasteiger partial charge is 0.462 e. The summed E-state index contributed by atoms with van der Waals surface area (Å²) in [5, 5.41) is 3.91. The minimum Gasteiger partial charge on any atom is -0.462 e. The van der Waals surface area contributed by atoms with Crippen LogP contribution in [0.25, 0.3) is 6.08 Å². The van der Waals surface area contributed by atoms with Crippen LogP contribution in [0.1, 0.15) is 33.7 Å². The van der Waals surface area contributed by atoms with Gasteiger partial charge in [0.05, 0.1) is 12.3 Å². The zero-order valence-corrected chi connectivity index (χ0v) is 11.3. The molecule has 1 aromatic heterocycles. The molecule has 5 heteroatoms. The van der Waals surface area contributed by atoms with Crippen LogP contribution >= 0.6 is 11.3 Å². The quantitative estimate of drug-likeness (QED) is 0.625. The van der Waals surface area contributed by atoms with Gasteiger partial charge in [0.1, 0.15) is 9.88 Å². The van der Waals surface area contributed by atoms with Gasteiger partial charge >= 0.3 is 5.97 Å². The zero-order valence-electron chi connectivity index (χ0n) is 10.4. The van der Waals surface area contributed by atoms with Crippen molar-refractivity contribution in [3.63, 3.8) is 0 Å². The summed E-state index contributed by atoms with van der Waals surface area (Å²) < 4.78 is 4.96. The number of hydrogen-bond acceptors (Lipinski definition) is 5. The number of carbonyl (C=O) groups excluding carboxylic acids is 1. The molecule has 0 saturated heterocycles. The fourth-order valence-corrected chi connectivity index (χ4v) is 2.18. The molecule has 0 aliphatic carbocycles. The molecule has 0 fully saturated rings. The molecule has 0 bridgehead atoms. The zero-order chi connectivity index (χ0) is 12.7. The predicted octanol–water partition coefficient (Wildman–Crippen LogP) is 2.25. The Balaban J connectivity index is 2.67. The van der Waals surface area contributed by atoms with Crippen molar-refractivity contribution in [1.29, 1.82) is 0 Å². The summed E-state index contributed by atoms with van der Waals surface area (Å²) in [6.45, 7) is 4.95. The maximum Gasteiger partial charge on any atom is 0.350 e.